The molecule has 0 saturated carbocycles. The smallest absolute Gasteiger partial charge is 0.253 e. The minimum Gasteiger partial charge on any atom is -0.360 e. The summed E-state index contributed by atoms with van der Waals surface area (Å²) in [5.74, 6) is -0.0434. The molecule has 0 spiro atoms. The Bertz CT molecular complexity index is 1140. The number of carbonyl (C=O) groups excluding carboxylic acids is 1. The summed E-state index contributed by atoms with van der Waals surface area (Å²) >= 11 is 12.7. The molecule has 1 heterocycles. The SMILES string of the molecule is Cc1ccc(N2CCN(C(=O)c3ccc(C#N)cc3)C[C@H]2c2ccc(Cl)cc2)c(Cl)c1. The number of aryl methyl sites for hydroxylation is 1. The highest BCUT2D eigenvalue weighted by molar-refractivity contribution is 6.33. The zero-order valence-corrected chi connectivity index (χ0v) is 18.6. The van der Waals surface area contributed by atoms with E-state index < -0.39 is 0 Å². The lowest BCUT2D eigenvalue weighted by atomic mass is 10.00. The van der Waals surface area contributed by atoms with Crippen LogP contribution in [0.25, 0.3) is 0 Å². The van der Waals surface area contributed by atoms with Crippen molar-refractivity contribution in [2.45, 2.75) is 13.0 Å². The number of hydrogen-bond donors (Lipinski definition) is 0. The molecule has 3 aromatic rings. The fourth-order valence-electron chi connectivity index (χ4n) is 3.94. The highest BCUT2D eigenvalue weighted by atomic mass is 35.5. The average molecular weight is 450 g/mol. The largest absolute Gasteiger partial charge is 0.360 e. The molecule has 3 aromatic carbocycles. The predicted molar refractivity (Wildman–Crippen MR) is 125 cm³/mol. The third-order valence-corrected chi connectivity index (χ3v) is 6.15. The summed E-state index contributed by atoms with van der Waals surface area (Å²) in [6, 6.07) is 22.6. The summed E-state index contributed by atoms with van der Waals surface area (Å²) in [4.78, 5) is 17.3. The molecule has 1 fully saturated rings. The Morgan fingerprint density at radius 1 is 1.00 bits per heavy atom. The summed E-state index contributed by atoms with van der Waals surface area (Å²) in [5.41, 5.74) is 4.24. The van der Waals surface area contributed by atoms with Gasteiger partial charge in [0, 0.05) is 30.2 Å². The summed E-state index contributed by atoms with van der Waals surface area (Å²) in [6.07, 6.45) is 0. The molecule has 156 valence electrons. The van der Waals surface area contributed by atoms with Gasteiger partial charge >= 0.3 is 0 Å². The van der Waals surface area contributed by atoms with Crippen molar-refractivity contribution in [3.8, 4) is 6.07 Å². The number of nitrogens with zero attached hydrogens (tertiary/aromatic N) is 3. The van der Waals surface area contributed by atoms with Crippen LogP contribution >= 0.6 is 23.2 Å². The van der Waals surface area contributed by atoms with Crippen LogP contribution < -0.4 is 4.90 Å². The van der Waals surface area contributed by atoms with Gasteiger partial charge in [0.2, 0.25) is 0 Å². The third kappa shape index (κ3) is 4.54. The van der Waals surface area contributed by atoms with Gasteiger partial charge in [0.1, 0.15) is 0 Å². The summed E-state index contributed by atoms with van der Waals surface area (Å²) in [5, 5.41) is 10.4. The van der Waals surface area contributed by atoms with E-state index in [-0.39, 0.29) is 11.9 Å². The molecular weight excluding hydrogens is 429 g/mol. The van der Waals surface area contributed by atoms with E-state index in [1.165, 1.54) is 0 Å². The van der Waals surface area contributed by atoms with Crippen LogP contribution in [0.1, 0.15) is 33.1 Å². The second-order valence-corrected chi connectivity index (χ2v) is 8.50. The Hall–Kier alpha value is -3.00. The molecule has 1 amide bonds. The van der Waals surface area contributed by atoms with Gasteiger partial charge in [-0.25, -0.2) is 0 Å². The second-order valence-electron chi connectivity index (χ2n) is 7.66. The normalized spacial score (nSPS) is 16.1. The number of rotatable bonds is 3. The van der Waals surface area contributed by atoms with E-state index in [0.717, 1.165) is 16.8 Å². The Kier molecular flexibility index (Phi) is 6.18. The number of halogens is 2. The molecule has 4 rings (SSSR count). The standard InChI is InChI=1S/C25H21Cl2N3O/c1-17-2-11-23(22(27)14-17)30-13-12-29(16-24(30)19-7-9-21(26)10-8-19)25(31)20-5-3-18(15-28)4-6-20/h2-11,14,24H,12-13,16H2,1H3/t24-/m0/s1. The Balaban J connectivity index is 1.65. The van der Waals surface area contributed by atoms with Crippen molar-refractivity contribution in [1.82, 2.24) is 4.90 Å². The molecule has 0 bridgehead atoms. The molecule has 4 nitrogen and oxygen atoms in total. The van der Waals surface area contributed by atoms with Gasteiger partial charge in [0.05, 0.1) is 28.4 Å². The topological polar surface area (TPSA) is 47.3 Å². The van der Waals surface area contributed by atoms with Crippen LogP contribution in [0.5, 0.6) is 0 Å². The fourth-order valence-corrected chi connectivity index (χ4v) is 4.41. The molecule has 1 saturated heterocycles. The number of benzene rings is 3. The summed E-state index contributed by atoms with van der Waals surface area (Å²) < 4.78 is 0. The number of nitriles is 1. The quantitative estimate of drug-likeness (QED) is 0.501. The zero-order chi connectivity index (χ0) is 22.0. The summed E-state index contributed by atoms with van der Waals surface area (Å²) in [6.45, 7) is 3.76. The van der Waals surface area contributed by atoms with Gasteiger partial charge in [-0.15, -0.1) is 0 Å². The lowest BCUT2D eigenvalue weighted by Crippen LogP contribution is -2.50. The number of amides is 1. The van der Waals surface area contributed by atoms with Crippen molar-refractivity contribution in [2.75, 3.05) is 24.5 Å². The molecule has 1 aliphatic rings. The van der Waals surface area contributed by atoms with Gasteiger partial charge in [-0.1, -0.05) is 41.4 Å². The number of hydrogen-bond acceptors (Lipinski definition) is 3. The highest BCUT2D eigenvalue weighted by Gasteiger charge is 2.32. The first-order valence-corrected chi connectivity index (χ1v) is 10.8. The molecule has 0 N–H and O–H groups in total. The first-order valence-electron chi connectivity index (χ1n) is 10.0. The van der Waals surface area contributed by atoms with Crippen LogP contribution in [0.2, 0.25) is 10.0 Å². The Labute approximate surface area is 192 Å². The lowest BCUT2D eigenvalue weighted by Gasteiger charge is -2.43. The van der Waals surface area contributed by atoms with Crippen molar-refractivity contribution in [1.29, 1.82) is 5.26 Å². The average Bonchev–Trinajstić information content (AvgIpc) is 2.79. The molecule has 0 radical (unpaired) electrons. The van der Waals surface area contributed by atoms with E-state index in [1.807, 2.05) is 48.2 Å². The second kappa shape index (κ2) is 9.01. The van der Waals surface area contributed by atoms with E-state index in [0.29, 0.717) is 40.8 Å². The van der Waals surface area contributed by atoms with E-state index in [9.17, 15) is 4.79 Å². The maximum Gasteiger partial charge on any atom is 0.253 e. The molecule has 0 unspecified atom stereocenters. The maximum atomic E-state index is 13.2. The molecule has 1 aliphatic heterocycles. The van der Waals surface area contributed by atoms with Gasteiger partial charge in [-0.2, -0.15) is 5.26 Å². The molecular formula is C25H21Cl2N3O. The van der Waals surface area contributed by atoms with Crippen molar-refractivity contribution in [2.24, 2.45) is 0 Å². The van der Waals surface area contributed by atoms with E-state index in [2.05, 4.69) is 17.0 Å². The van der Waals surface area contributed by atoms with Crippen LogP contribution in [0, 0.1) is 18.3 Å². The minimum atomic E-state index is -0.0615. The maximum absolute atomic E-state index is 13.2. The number of carbonyl (C=O) groups is 1. The van der Waals surface area contributed by atoms with Crippen LogP contribution in [0.15, 0.2) is 66.7 Å². The van der Waals surface area contributed by atoms with Gasteiger partial charge in [0.15, 0.2) is 0 Å². The number of piperazine rings is 1. The van der Waals surface area contributed by atoms with Crippen molar-refractivity contribution < 1.29 is 4.79 Å². The third-order valence-electron chi connectivity index (χ3n) is 5.60. The first kappa shape index (κ1) is 21.2. The number of anilines is 1. The monoisotopic (exact) mass is 449 g/mol. The molecule has 6 heteroatoms. The summed E-state index contributed by atoms with van der Waals surface area (Å²) in [7, 11) is 0. The lowest BCUT2D eigenvalue weighted by molar-refractivity contribution is 0.0722. The Morgan fingerprint density at radius 2 is 1.71 bits per heavy atom. The van der Waals surface area contributed by atoms with E-state index >= 15 is 0 Å². The van der Waals surface area contributed by atoms with Crippen molar-refractivity contribution in [3.05, 3.63) is 99.0 Å². The van der Waals surface area contributed by atoms with E-state index in [1.54, 1.807) is 24.3 Å². The van der Waals surface area contributed by atoms with Crippen LogP contribution in [-0.2, 0) is 0 Å². The minimum absolute atomic E-state index is 0.0434. The van der Waals surface area contributed by atoms with Crippen LogP contribution in [0.3, 0.4) is 0 Å². The molecule has 0 aromatic heterocycles. The first-order chi connectivity index (χ1) is 15.0. The predicted octanol–water partition coefficient (Wildman–Crippen LogP) is 5.88. The highest BCUT2D eigenvalue weighted by Crippen LogP contribution is 2.36. The van der Waals surface area contributed by atoms with Crippen LogP contribution in [-0.4, -0.2) is 30.4 Å². The Morgan fingerprint density at radius 3 is 2.35 bits per heavy atom. The van der Waals surface area contributed by atoms with Gasteiger partial charge in [-0.3, -0.25) is 4.79 Å². The van der Waals surface area contributed by atoms with Crippen molar-refractivity contribution in [3.63, 3.8) is 0 Å². The fraction of sp³-hybridized carbons (Fsp3) is 0.200. The van der Waals surface area contributed by atoms with Gasteiger partial charge in [0.25, 0.3) is 5.91 Å². The molecule has 31 heavy (non-hydrogen) atoms. The molecule has 1 atom stereocenters. The zero-order valence-electron chi connectivity index (χ0n) is 17.1. The van der Waals surface area contributed by atoms with Crippen LogP contribution in [0.4, 0.5) is 5.69 Å². The van der Waals surface area contributed by atoms with Gasteiger partial charge in [-0.05, 0) is 66.6 Å². The van der Waals surface area contributed by atoms with Crippen molar-refractivity contribution >= 4 is 34.8 Å². The van der Waals surface area contributed by atoms with Gasteiger partial charge < -0.3 is 9.80 Å². The van der Waals surface area contributed by atoms with E-state index in [4.69, 9.17) is 28.5 Å². The molecule has 0 aliphatic carbocycles.